The van der Waals surface area contributed by atoms with Gasteiger partial charge in [-0.3, -0.25) is 5.84 Å². The molecular formula is C11H20N4O2S2. The summed E-state index contributed by atoms with van der Waals surface area (Å²) in [4.78, 5) is 3.93. The van der Waals surface area contributed by atoms with Gasteiger partial charge in [0, 0.05) is 19.3 Å². The molecule has 3 N–H and O–H groups in total. The zero-order valence-corrected chi connectivity index (χ0v) is 13.0. The fraction of sp³-hybridized carbons (Fsp3) is 0.545. The first-order valence-electron chi connectivity index (χ1n) is 5.83. The molecular weight excluding hydrogens is 284 g/mol. The third-order valence-electron chi connectivity index (χ3n) is 2.91. The fourth-order valence-electron chi connectivity index (χ4n) is 1.55. The van der Waals surface area contributed by atoms with Gasteiger partial charge in [-0.2, -0.15) is 16.1 Å². The second-order valence-electron chi connectivity index (χ2n) is 4.15. The maximum absolute atomic E-state index is 12.5. The maximum atomic E-state index is 12.5. The number of nitrogens with one attached hydrogen (secondary N) is 1. The number of thioether (sulfide) groups is 1. The van der Waals surface area contributed by atoms with Gasteiger partial charge in [-0.25, -0.2) is 13.4 Å². The van der Waals surface area contributed by atoms with Gasteiger partial charge < -0.3 is 5.43 Å². The molecule has 0 aliphatic heterocycles. The van der Waals surface area contributed by atoms with Crippen LogP contribution < -0.4 is 11.3 Å². The van der Waals surface area contributed by atoms with E-state index in [1.807, 2.05) is 13.2 Å². The van der Waals surface area contributed by atoms with Crippen LogP contribution in [0.5, 0.6) is 0 Å². The molecule has 0 saturated carbocycles. The van der Waals surface area contributed by atoms with Crippen molar-refractivity contribution in [3.05, 3.63) is 18.3 Å². The number of hydrazine groups is 1. The van der Waals surface area contributed by atoms with E-state index in [4.69, 9.17) is 5.84 Å². The summed E-state index contributed by atoms with van der Waals surface area (Å²) >= 11 is 1.69. The predicted molar refractivity (Wildman–Crippen MR) is 79.5 cm³/mol. The Bertz CT molecular complexity index is 507. The topological polar surface area (TPSA) is 88.3 Å². The molecule has 0 fully saturated rings. The summed E-state index contributed by atoms with van der Waals surface area (Å²) in [6.45, 7) is 1.88. The molecule has 0 radical (unpaired) electrons. The number of hydrogen-bond acceptors (Lipinski definition) is 6. The molecule has 1 atom stereocenters. The van der Waals surface area contributed by atoms with Gasteiger partial charge in [0.15, 0.2) is 5.03 Å². The third kappa shape index (κ3) is 3.82. The first-order chi connectivity index (χ1) is 8.95. The minimum Gasteiger partial charge on any atom is -0.321 e. The van der Waals surface area contributed by atoms with Crippen LogP contribution in [0, 0.1) is 0 Å². The molecule has 0 spiro atoms. The summed E-state index contributed by atoms with van der Waals surface area (Å²) in [6, 6.07) is 3.12. The van der Waals surface area contributed by atoms with Crippen molar-refractivity contribution in [2.24, 2.45) is 5.84 Å². The average Bonchev–Trinajstić information content (AvgIpc) is 2.43. The number of aromatic nitrogens is 1. The van der Waals surface area contributed by atoms with Crippen LogP contribution in [0.1, 0.15) is 13.3 Å². The zero-order chi connectivity index (χ0) is 14.5. The summed E-state index contributed by atoms with van der Waals surface area (Å²) in [5, 5.41) is -0.0454. The Kier molecular flexibility index (Phi) is 6.05. The molecule has 0 amide bonds. The van der Waals surface area contributed by atoms with E-state index < -0.39 is 10.0 Å². The van der Waals surface area contributed by atoms with Crippen LogP contribution in [-0.2, 0) is 10.0 Å². The minimum absolute atomic E-state index is 0.0454. The molecule has 1 aromatic heterocycles. The molecule has 1 rings (SSSR count). The van der Waals surface area contributed by atoms with E-state index in [1.54, 1.807) is 30.9 Å². The molecule has 0 aromatic carbocycles. The van der Waals surface area contributed by atoms with Gasteiger partial charge in [0.2, 0.25) is 0 Å². The van der Waals surface area contributed by atoms with E-state index in [-0.39, 0.29) is 11.1 Å². The van der Waals surface area contributed by atoms with Crippen molar-refractivity contribution >= 4 is 27.5 Å². The van der Waals surface area contributed by atoms with Crippen molar-refractivity contribution in [1.29, 1.82) is 0 Å². The highest BCUT2D eigenvalue weighted by atomic mass is 32.2. The number of rotatable bonds is 7. The van der Waals surface area contributed by atoms with Gasteiger partial charge in [-0.1, -0.05) is 0 Å². The Morgan fingerprint density at radius 2 is 2.26 bits per heavy atom. The molecule has 1 aromatic rings. The highest BCUT2D eigenvalue weighted by molar-refractivity contribution is 7.98. The van der Waals surface area contributed by atoms with Crippen LogP contribution in [0.15, 0.2) is 23.4 Å². The van der Waals surface area contributed by atoms with Gasteiger partial charge in [-0.15, -0.1) is 0 Å². The SMILES string of the molecule is CSCCC(C)N(C)S(=O)(=O)c1ncccc1NN. The van der Waals surface area contributed by atoms with E-state index in [0.717, 1.165) is 12.2 Å². The smallest absolute Gasteiger partial charge is 0.262 e. The van der Waals surface area contributed by atoms with Crippen LogP contribution >= 0.6 is 11.8 Å². The number of sulfonamides is 1. The van der Waals surface area contributed by atoms with E-state index >= 15 is 0 Å². The maximum Gasteiger partial charge on any atom is 0.262 e. The van der Waals surface area contributed by atoms with Crippen LogP contribution in [0.2, 0.25) is 0 Å². The minimum atomic E-state index is -3.64. The van der Waals surface area contributed by atoms with Crippen LogP contribution in [0.25, 0.3) is 0 Å². The summed E-state index contributed by atoms with van der Waals surface area (Å²) in [5.41, 5.74) is 2.66. The van der Waals surface area contributed by atoms with Crippen molar-refractivity contribution in [3.8, 4) is 0 Å². The monoisotopic (exact) mass is 304 g/mol. The van der Waals surface area contributed by atoms with Gasteiger partial charge in [0.25, 0.3) is 10.0 Å². The lowest BCUT2D eigenvalue weighted by Crippen LogP contribution is -2.36. The van der Waals surface area contributed by atoms with Gasteiger partial charge in [-0.05, 0) is 37.5 Å². The van der Waals surface area contributed by atoms with Crippen molar-refractivity contribution < 1.29 is 8.42 Å². The Labute approximate surface area is 118 Å². The van der Waals surface area contributed by atoms with E-state index in [1.165, 1.54) is 10.5 Å². The number of anilines is 1. The molecule has 19 heavy (non-hydrogen) atoms. The molecule has 0 bridgehead atoms. The quantitative estimate of drug-likeness (QED) is 0.580. The summed E-state index contributed by atoms with van der Waals surface area (Å²) in [6.07, 6.45) is 4.22. The van der Waals surface area contributed by atoms with Crippen molar-refractivity contribution in [2.45, 2.75) is 24.4 Å². The zero-order valence-electron chi connectivity index (χ0n) is 11.3. The summed E-state index contributed by atoms with van der Waals surface area (Å²) in [7, 11) is -2.08. The number of nitrogens with two attached hydrogens (primary N) is 1. The lowest BCUT2D eigenvalue weighted by Gasteiger charge is -2.24. The molecule has 0 aliphatic rings. The van der Waals surface area contributed by atoms with Crippen molar-refractivity contribution in [3.63, 3.8) is 0 Å². The van der Waals surface area contributed by atoms with Gasteiger partial charge in [0.05, 0.1) is 5.69 Å². The second kappa shape index (κ2) is 7.09. The largest absolute Gasteiger partial charge is 0.321 e. The Morgan fingerprint density at radius 3 is 2.84 bits per heavy atom. The molecule has 1 heterocycles. The molecule has 0 aliphatic carbocycles. The average molecular weight is 304 g/mol. The normalized spacial score (nSPS) is 13.5. The highest BCUT2D eigenvalue weighted by Gasteiger charge is 2.28. The third-order valence-corrected chi connectivity index (χ3v) is 5.49. The number of pyridine rings is 1. The first-order valence-corrected chi connectivity index (χ1v) is 8.67. The number of nitrogens with zero attached hydrogens (tertiary/aromatic N) is 2. The lowest BCUT2D eigenvalue weighted by atomic mass is 10.3. The second-order valence-corrected chi connectivity index (χ2v) is 7.05. The Hall–Kier alpha value is -0.830. The number of hydrogen-bond donors (Lipinski definition) is 2. The van der Waals surface area contributed by atoms with E-state index in [0.29, 0.717) is 5.69 Å². The molecule has 1 unspecified atom stereocenters. The molecule has 108 valence electrons. The van der Waals surface area contributed by atoms with Gasteiger partial charge in [0.1, 0.15) is 0 Å². The van der Waals surface area contributed by atoms with E-state index in [2.05, 4.69) is 10.4 Å². The van der Waals surface area contributed by atoms with Gasteiger partial charge >= 0.3 is 0 Å². The molecule has 6 nitrogen and oxygen atoms in total. The van der Waals surface area contributed by atoms with Crippen LogP contribution in [-0.4, -0.2) is 42.8 Å². The predicted octanol–water partition coefficient (Wildman–Crippen LogP) is 1.13. The Morgan fingerprint density at radius 1 is 1.58 bits per heavy atom. The highest BCUT2D eigenvalue weighted by Crippen LogP contribution is 2.22. The Balaban J connectivity index is 3.03. The lowest BCUT2D eigenvalue weighted by molar-refractivity contribution is 0.381. The van der Waals surface area contributed by atoms with Crippen molar-refractivity contribution in [2.75, 3.05) is 24.5 Å². The summed E-state index contributed by atoms with van der Waals surface area (Å²) < 4.78 is 26.3. The van der Waals surface area contributed by atoms with Crippen LogP contribution in [0.3, 0.4) is 0 Å². The summed E-state index contributed by atoms with van der Waals surface area (Å²) in [5.74, 6) is 6.24. The van der Waals surface area contributed by atoms with Crippen molar-refractivity contribution in [1.82, 2.24) is 9.29 Å². The molecule has 0 saturated heterocycles. The van der Waals surface area contributed by atoms with Crippen LogP contribution in [0.4, 0.5) is 5.69 Å². The molecule has 8 heteroatoms. The number of nitrogen functional groups attached to an aromatic ring is 1. The van der Waals surface area contributed by atoms with E-state index in [9.17, 15) is 8.42 Å². The standard InChI is InChI=1S/C11H20N4O2S2/c1-9(6-8-18-3)15(2)19(16,17)11-10(14-12)5-4-7-13-11/h4-5,7,9,14H,6,8,12H2,1-3H3. The fourth-order valence-corrected chi connectivity index (χ4v) is 3.58. The first kappa shape index (κ1) is 16.2.